The Bertz CT molecular complexity index is 486. The van der Waals surface area contributed by atoms with Crippen molar-refractivity contribution in [1.82, 2.24) is 0 Å². The van der Waals surface area contributed by atoms with Crippen LogP contribution in [0.5, 0.6) is 11.5 Å². The van der Waals surface area contributed by atoms with Crippen molar-refractivity contribution in [3.63, 3.8) is 0 Å². The molecule has 16 heavy (non-hydrogen) atoms. The Balaban J connectivity index is 2.31. The van der Waals surface area contributed by atoms with Crippen molar-refractivity contribution in [2.45, 2.75) is 0 Å². The van der Waals surface area contributed by atoms with Crippen LogP contribution in [0.4, 0.5) is 5.69 Å². The molecule has 0 aliphatic rings. The van der Waals surface area contributed by atoms with Crippen molar-refractivity contribution in [1.29, 1.82) is 0 Å². The molecule has 0 heterocycles. The lowest BCUT2D eigenvalue weighted by Gasteiger charge is -2.00. The zero-order chi connectivity index (χ0) is 11.4. The summed E-state index contributed by atoms with van der Waals surface area (Å²) in [5.74, 6) is -0.0700. The van der Waals surface area contributed by atoms with E-state index in [-0.39, 0.29) is 17.2 Å². The van der Waals surface area contributed by atoms with E-state index in [2.05, 4.69) is 4.99 Å². The molecule has 80 valence electrons. The minimum absolute atomic E-state index is 0.0350. The van der Waals surface area contributed by atoms with E-state index >= 15 is 0 Å². The van der Waals surface area contributed by atoms with Crippen LogP contribution in [0, 0.1) is 0 Å². The minimum Gasteiger partial charge on any atom is -0.506 e. The van der Waals surface area contributed by atoms with E-state index in [1.54, 1.807) is 12.3 Å². The number of hydrogen-bond donors (Lipinski definition) is 2. The first-order chi connectivity index (χ1) is 7.77. The molecule has 3 nitrogen and oxygen atoms in total. The number of aromatic hydroxyl groups is 2. The number of phenolic OH excluding ortho intramolecular Hbond substituents is 2. The summed E-state index contributed by atoms with van der Waals surface area (Å²) in [6.45, 7) is 0. The molecule has 0 atom stereocenters. The summed E-state index contributed by atoms with van der Waals surface area (Å²) in [6.07, 6.45) is 1.59. The highest BCUT2D eigenvalue weighted by Crippen LogP contribution is 2.34. The molecule has 0 unspecified atom stereocenters. The highest BCUT2D eigenvalue weighted by atomic mass is 16.3. The second kappa shape index (κ2) is 4.49. The topological polar surface area (TPSA) is 52.8 Å². The summed E-state index contributed by atoms with van der Waals surface area (Å²) in [5, 5.41) is 19.0. The van der Waals surface area contributed by atoms with Crippen LogP contribution >= 0.6 is 0 Å². The van der Waals surface area contributed by atoms with Gasteiger partial charge in [-0.1, -0.05) is 36.4 Å². The van der Waals surface area contributed by atoms with E-state index in [4.69, 9.17) is 0 Å². The number of para-hydroxylation sites is 1. The maximum Gasteiger partial charge on any atom is 0.146 e. The highest BCUT2D eigenvalue weighted by molar-refractivity contribution is 5.83. The third-order valence-electron chi connectivity index (χ3n) is 2.14. The van der Waals surface area contributed by atoms with Crippen LogP contribution in [0.15, 0.2) is 53.5 Å². The third-order valence-corrected chi connectivity index (χ3v) is 2.14. The van der Waals surface area contributed by atoms with Gasteiger partial charge in [0.2, 0.25) is 0 Å². The van der Waals surface area contributed by atoms with Gasteiger partial charge in [0.1, 0.15) is 17.2 Å². The van der Waals surface area contributed by atoms with Gasteiger partial charge in [0.15, 0.2) is 0 Å². The lowest BCUT2D eigenvalue weighted by molar-refractivity contribution is 0.453. The fourth-order valence-electron chi connectivity index (χ4n) is 1.33. The molecule has 0 fully saturated rings. The number of nitrogens with zero attached hydrogens (tertiary/aromatic N) is 1. The van der Waals surface area contributed by atoms with Crippen LogP contribution in [0.1, 0.15) is 5.56 Å². The lowest BCUT2D eigenvalue weighted by Crippen LogP contribution is -1.78. The summed E-state index contributed by atoms with van der Waals surface area (Å²) >= 11 is 0. The van der Waals surface area contributed by atoms with Gasteiger partial charge in [-0.3, -0.25) is 0 Å². The first-order valence-electron chi connectivity index (χ1n) is 4.87. The van der Waals surface area contributed by atoms with Gasteiger partial charge in [-0.15, -0.1) is 0 Å². The number of benzene rings is 2. The number of hydrogen-bond acceptors (Lipinski definition) is 3. The van der Waals surface area contributed by atoms with Crippen LogP contribution in [0.3, 0.4) is 0 Å². The molecule has 0 spiro atoms. The Labute approximate surface area is 93.3 Å². The average Bonchev–Trinajstić information content (AvgIpc) is 2.30. The molecule has 2 rings (SSSR count). The van der Waals surface area contributed by atoms with Crippen molar-refractivity contribution in [2.24, 2.45) is 4.99 Å². The summed E-state index contributed by atoms with van der Waals surface area (Å²) < 4.78 is 0. The molecule has 2 N–H and O–H groups in total. The van der Waals surface area contributed by atoms with E-state index in [1.165, 1.54) is 12.1 Å². The first kappa shape index (κ1) is 10.2. The van der Waals surface area contributed by atoms with Crippen LogP contribution in [-0.2, 0) is 0 Å². The zero-order valence-electron chi connectivity index (χ0n) is 8.54. The molecule has 3 heteroatoms. The van der Waals surface area contributed by atoms with E-state index in [9.17, 15) is 10.2 Å². The number of phenols is 2. The van der Waals surface area contributed by atoms with Crippen LogP contribution in [0.2, 0.25) is 0 Å². The van der Waals surface area contributed by atoms with E-state index in [1.807, 2.05) is 30.3 Å². The van der Waals surface area contributed by atoms with Crippen LogP contribution < -0.4 is 0 Å². The van der Waals surface area contributed by atoms with E-state index in [0.717, 1.165) is 5.56 Å². The molecule has 0 amide bonds. The van der Waals surface area contributed by atoms with Crippen molar-refractivity contribution in [3.8, 4) is 11.5 Å². The summed E-state index contributed by atoms with van der Waals surface area (Å²) in [7, 11) is 0. The highest BCUT2D eigenvalue weighted by Gasteiger charge is 2.03. The molecular weight excluding hydrogens is 202 g/mol. The molecule has 2 aromatic carbocycles. The molecular formula is C13H11NO2. The largest absolute Gasteiger partial charge is 0.506 e. The third kappa shape index (κ3) is 2.20. The van der Waals surface area contributed by atoms with Gasteiger partial charge in [0.05, 0.1) is 0 Å². The number of rotatable bonds is 2. The fourth-order valence-corrected chi connectivity index (χ4v) is 1.33. The predicted octanol–water partition coefficient (Wildman–Crippen LogP) is 2.85. The molecule has 0 saturated heterocycles. The first-order valence-corrected chi connectivity index (χ1v) is 4.87. The zero-order valence-corrected chi connectivity index (χ0v) is 8.54. The summed E-state index contributed by atoms with van der Waals surface area (Å²) in [6, 6.07) is 14.0. The number of aliphatic imine (C=N–C) groups is 1. The maximum atomic E-state index is 9.50. The Morgan fingerprint density at radius 1 is 0.812 bits per heavy atom. The average molecular weight is 213 g/mol. The van der Waals surface area contributed by atoms with Gasteiger partial charge in [-0.25, -0.2) is 4.99 Å². The van der Waals surface area contributed by atoms with Gasteiger partial charge in [-0.05, 0) is 17.7 Å². The van der Waals surface area contributed by atoms with Crippen LogP contribution in [0.25, 0.3) is 0 Å². The van der Waals surface area contributed by atoms with Gasteiger partial charge in [0.25, 0.3) is 0 Å². The smallest absolute Gasteiger partial charge is 0.146 e. The molecule has 0 aromatic heterocycles. The Morgan fingerprint density at radius 3 is 2.06 bits per heavy atom. The van der Waals surface area contributed by atoms with Gasteiger partial charge in [0, 0.05) is 6.21 Å². The second-order valence-electron chi connectivity index (χ2n) is 3.31. The normalized spacial score (nSPS) is 10.8. The standard InChI is InChI=1S/C13H11NO2/c15-11-7-4-8-12(16)13(11)14-9-10-5-2-1-3-6-10/h1-9,15-16H/b14-9+. The van der Waals surface area contributed by atoms with Gasteiger partial charge in [-0.2, -0.15) is 0 Å². The van der Waals surface area contributed by atoms with Gasteiger partial charge >= 0.3 is 0 Å². The molecule has 0 aliphatic carbocycles. The maximum absolute atomic E-state index is 9.50. The van der Waals surface area contributed by atoms with Crippen LogP contribution in [-0.4, -0.2) is 16.4 Å². The predicted molar refractivity (Wildman–Crippen MR) is 63.5 cm³/mol. The van der Waals surface area contributed by atoms with Crippen molar-refractivity contribution in [2.75, 3.05) is 0 Å². The summed E-state index contributed by atoms with van der Waals surface area (Å²) in [4.78, 5) is 4.05. The molecule has 0 aliphatic heterocycles. The Hall–Kier alpha value is -2.29. The Kier molecular flexibility index (Phi) is 2.87. The quantitative estimate of drug-likeness (QED) is 0.753. The van der Waals surface area contributed by atoms with E-state index in [0.29, 0.717) is 0 Å². The minimum atomic E-state index is -0.0350. The monoisotopic (exact) mass is 213 g/mol. The second-order valence-corrected chi connectivity index (χ2v) is 3.31. The van der Waals surface area contributed by atoms with Crippen molar-refractivity contribution in [3.05, 3.63) is 54.1 Å². The van der Waals surface area contributed by atoms with Crippen molar-refractivity contribution >= 4 is 11.9 Å². The summed E-state index contributed by atoms with van der Waals surface area (Å²) in [5.41, 5.74) is 1.09. The SMILES string of the molecule is Oc1cccc(O)c1/N=C/c1ccccc1. The fraction of sp³-hybridized carbons (Fsp3) is 0. The van der Waals surface area contributed by atoms with E-state index < -0.39 is 0 Å². The molecule has 2 aromatic rings. The lowest BCUT2D eigenvalue weighted by atomic mass is 10.2. The molecule has 0 radical (unpaired) electrons. The molecule has 0 bridgehead atoms. The van der Waals surface area contributed by atoms with Gasteiger partial charge < -0.3 is 10.2 Å². The van der Waals surface area contributed by atoms with Crippen molar-refractivity contribution < 1.29 is 10.2 Å². The molecule has 0 saturated carbocycles. The Morgan fingerprint density at radius 2 is 1.44 bits per heavy atom.